The van der Waals surface area contributed by atoms with Gasteiger partial charge in [-0.3, -0.25) is 14.7 Å². The molecule has 0 radical (unpaired) electrons. The lowest BCUT2D eigenvalue weighted by molar-refractivity contribution is 0.0945. The average Bonchev–Trinajstić information content (AvgIpc) is 3.43. The zero-order chi connectivity index (χ0) is 28.5. The van der Waals surface area contributed by atoms with Crippen LogP contribution >= 0.6 is 11.3 Å². The van der Waals surface area contributed by atoms with Gasteiger partial charge in [0.05, 0.1) is 33.0 Å². The van der Waals surface area contributed by atoms with Gasteiger partial charge in [-0.2, -0.15) is 0 Å². The lowest BCUT2D eigenvalue weighted by atomic mass is 9.87. The van der Waals surface area contributed by atoms with Gasteiger partial charge in [0.15, 0.2) is 11.5 Å². The van der Waals surface area contributed by atoms with Gasteiger partial charge in [-0.05, 0) is 52.8 Å². The fourth-order valence-electron chi connectivity index (χ4n) is 4.35. The number of aromatic nitrogens is 2. The van der Waals surface area contributed by atoms with Gasteiger partial charge in [-0.15, -0.1) is 11.3 Å². The molecule has 0 aliphatic heterocycles. The number of carbonyl (C=O) groups is 1. The molecule has 0 bridgehead atoms. The lowest BCUT2D eigenvalue weighted by Gasteiger charge is -2.23. The minimum absolute atomic E-state index is 0.111. The van der Waals surface area contributed by atoms with Gasteiger partial charge in [0.25, 0.3) is 5.91 Å². The zero-order valence-electron chi connectivity index (χ0n) is 23.9. The van der Waals surface area contributed by atoms with Crippen LogP contribution in [-0.2, 0) is 31.5 Å². The van der Waals surface area contributed by atoms with Gasteiger partial charge in [0, 0.05) is 24.7 Å². The van der Waals surface area contributed by atoms with Gasteiger partial charge in [-0.1, -0.05) is 57.2 Å². The van der Waals surface area contributed by atoms with Crippen LogP contribution in [0.15, 0.2) is 72.2 Å². The number of nitrogens with zero attached hydrogens (tertiary/aromatic N) is 3. The van der Waals surface area contributed by atoms with Crippen molar-refractivity contribution in [1.29, 1.82) is 0 Å². The summed E-state index contributed by atoms with van der Waals surface area (Å²) in [6.45, 7) is 9.29. The minimum Gasteiger partial charge on any atom is -0.493 e. The van der Waals surface area contributed by atoms with Crippen molar-refractivity contribution < 1.29 is 14.3 Å². The molecule has 2 aromatic heterocycles. The van der Waals surface area contributed by atoms with Crippen molar-refractivity contribution in [1.82, 2.24) is 20.2 Å². The molecule has 8 heteroatoms. The maximum absolute atomic E-state index is 12.7. The summed E-state index contributed by atoms with van der Waals surface area (Å²) in [6, 6.07) is 20.6. The molecule has 210 valence electrons. The SMILES string of the molecule is COc1ccc(CCN(Cc2ccc(C(C)(C)C)cc2)Cc2nc(C(=O)NCc3ccccn3)cs2)cc1OC. The largest absolute Gasteiger partial charge is 0.493 e. The number of hydrogen-bond acceptors (Lipinski definition) is 7. The second kappa shape index (κ2) is 13.5. The minimum atomic E-state index is -0.192. The third-order valence-electron chi connectivity index (χ3n) is 6.69. The van der Waals surface area contributed by atoms with E-state index in [2.05, 4.69) is 71.3 Å². The second-order valence-electron chi connectivity index (χ2n) is 10.7. The second-order valence-corrected chi connectivity index (χ2v) is 11.7. The van der Waals surface area contributed by atoms with E-state index in [0.717, 1.165) is 41.7 Å². The third kappa shape index (κ3) is 8.13. The smallest absolute Gasteiger partial charge is 0.271 e. The van der Waals surface area contributed by atoms with E-state index in [0.29, 0.717) is 18.8 Å². The molecule has 0 saturated carbocycles. The molecule has 7 nitrogen and oxygen atoms in total. The zero-order valence-corrected chi connectivity index (χ0v) is 24.8. The predicted octanol–water partition coefficient (Wildman–Crippen LogP) is 6.03. The van der Waals surface area contributed by atoms with Crippen LogP contribution in [0.1, 0.15) is 58.7 Å². The summed E-state index contributed by atoms with van der Waals surface area (Å²) >= 11 is 1.51. The summed E-state index contributed by atoms with van der Waals surface area (Å²) in [5, 5.41) is 5.64. The van der Waals surface area contributed by atoms with E-state index in [-0.39, 0.29) is 11.3 Å². The van der Waals surface area contributed by atoms with Crippen LogP contribution in [0, 0.1) is 0 Å². The molecule has 40 heavy (non-hydrogen) atoms. The predicted molar refractivity (Wildman–Crippen MR) is 160 cm³/mol. The first kappa shape index (κ1) is 29.2. The summed E-state index contributed by atoms with van der Waals surface area (Å²) in [7, 11) is 3.30. The van der Waals surface area contributed by atoms with Gasteiger partial charge in [0.2, 0.25) is 0 Å². The van der Waals surface area contributed by atoms with Crippen LogP contribution < -0.4 is 14.8 Å². The van der Waals surface area contributed by atoms with Crippen LogP contribution in [0.2, 0.25) is 0 Å². The number of nitrogens with one attached hydrogen (secondary N) is 1. The third-order valence-corrected chi connectivity index (χ3v) is 7.52. The van der Waals surface area contributed by atoms with Crippen molar-refractivity contribution in [3.63, 3.8) is 0 Å². The number of thiazole rings is 1. The molecule has 0 spiro atoms. The highest BCUT2D eigenvalue weighted by Crippen LogP contribution is 2.28. The molecule has 2 aromatic carbocycles. The van der Waals surface area contributed by atoms with E-state index in [4.69, 9.17) is 9.47 Å². The first-order chi connectivity index (χ1) is 19.2. The molecule has 0 fully saturated rings. The van der Waals surface area contributed by atoms with E-state index in [1.54, 1.807) is 20.4 Å². The van der Waals surface area contributed by atoms with Crippen molar-refractivity contribution in [2.75, 3.05) is 20.8 Å². The highest BCUT2D eigenvalue weighted by atomic mass is 32.1. The number of carbonyl (C=O) groups excluding carboxylic acids is 1. The normalized spacial score (nSPS) is 11.4. The Morgan fingerprint density at radius 2 is 1.70 bits per heavy atom. The summed E-state index contributed by atoms with van der Waals surface area (Å²) in [5.74, 6) is 1.26. The molecule has 0 aliphatic rings. The Morgan fingerprint density at radius 3 is 2.38 bits per heavy atom. The number of pyridine rings is 1. The molecule has 4 rings (SSSR count). The summed E-state index contributed by atoms with van der Waals surface area (Å²) in [6.07, 6.45) is 2.55. The number of hydrogen-bond donors (Lipinski definition) is 1. The van der Waals surface area contributed by atoms with Crippen LogP contribution in [-0.4, -0.2) is 41.5 Å². The summed E-state index contributed by atoms with van der Waals surface area (Å²) in [5.41, 5.74) is 5.08. The molecule has 0 unspecified atom stereocenters. The van der Waals surface area contributed by atoms with Crippen molar-refractivity contribution in [2.24, 2.45) is 0 Å². The van der Waals surface area contributed by atoms with Gasteiger partial charge in [-0.25, -0.2) is 4.98 Å². The van der Waals surface area contributed by atoms with E-state index >= 15 is 0 Å². The highest BCUT2D eigenvalue weighted by molar-refractivity contribution is 7.09. The highest BCUT2D eigenvalue weighted by Gasteiger charge is 2.16. The van der Waals surface area contributed by atoms with Crippen molar-refractivity contribution in [3.8, 4) is 11.5 Å². The number of ether oxygens (including phenoxy) is 2. The number of benzene rings is 2. The lowest BCUT2D eigenvalue weighted by Crippen LogP contribution is -2.26. The Labute approximate surface area is 241 Å². The Bertz CT molecular complexity index is 1380. The standard InChI is InChI=1S/C32H38N4O3S/c1-32(2,3)25-12-9-24(10-13-25)20-36(17-15-23-11-14-28(38-4)29(18-23)39-5)21-30-35-27(22-40-30)31(37)34-19-26-8-6-7-16-33-26/h6-14,16,18,22H,15,17,19-21H2,1-5H3,(H,34,37). The topological polar surface area (TPSA) is 76.6 Å². The monoisotopic (exact) mass is 558 g/mol. The van der Waals surface area contributed by atoms with E-state index < -0.39 is 0 Å². The maximum Gasteiger partial charge on any atom is 0.271 e. The Kier molecular flexibility index (Phi) is 9.90. The van der Waals surface area contributed by atoms with E-state index in [9.17, 15) is 4.79 Å². The fourth-order valence-corrected chi connectivity index (χ4v) is 5.16. The molecule has 1 N–H and O–H groups in total. The van der Waals surface area contributed by atoms with Crippen LogP contribution in [0.5, 0.6) is 11.5 Å². The quantitative estimate of drug-likeness (QED) is 0.229. The van der Waals surface area contributed by atoms with E-state index in [1.807, 2.05) is 35.7 Å². The first-order valence-electron chi connectivity index (χ1n) is 13.4. The number of rotatable bonds is 12. The van der Waals surface area contributed by atoms with Crippen LogP contribution in [0.4, 0.5) is 0 Å². The van der Waals surface area contributed by atoms with Crippen molar-refractivity contribution in [2.45, 2.75) is 52.2 Å². The average molecular weight is 559 g/mol. The molecular formula is C32H38N4O3S. The molecular weight excluding hydrogens is 520 g/mol. The van der Waals surface area contributed by atoms with Gasteiger partial charge >= 0.3 is 0 Å². The van der Waals surface area contributed by atoms with Crippen molar-refractivity contribution in [3.05, 3.63) is 105 Å². The Hall–Kier alpha value is -3.75. The number of amides is 1. The molecule has 0 aliphatic carbocycles. The van der Waals surface area contributed by atoms with Gasteiger partial charge < -0.3 is 14.8 Å². The van der Waals surface area contributed by atoms with Crippen LogP contribution in [0.25, 0.3) is 0 Å². The number of methoxy groups -OCH3 is 2. The molecule has 4 aromatic rings. The maximum atomic E-state index is 12.7. The molecule has 2 heterocycles. The summed E-state index contributed by atoms with van der Waals surface area (Å²) < 4.78 is 10.9. The van der Waals surface area contributed by atoms with Crippen LogP contribution in [0.3, 0.4) is 0 Å². The Morgan fingerprint density at radius 1 is 0.950 bits per heavy atom. The summed E-state index contributed by atoms with van der Waals surface area (Å²) in [4.78, 5) is 24.0. The molecule has 1 amide bonds. The molecule has 0 saturated heterocycles. The van der Waals surface area contributed by atoms with Crippen molar-refractivity contribution >= 4 is 17.2 Å². The van der Waals surface area contributed by atoms with E-state index in [1.165, 1.54) is 28.0 Å². The first-order valence-corrected chi connectivity index (χ1v) is 14.3. The molecule has 0 atom stereocenters. The Balaban J connectivity index is 1.46. The fraction of sp³-hybridized carbons (Fsp3) is 0.344. The van der Waals surface area contributed by atoms with Gasteiger partial charge in [0.1, 0.15) is 10.7 Å².